The predicted octanol–water partition coefficient (Wildman–Crippen LogP) is 3.17. The van der Waals surface area contributed by atoms with Gasteiger partial charge in [0, 0.05) is 11.3 Å². The van der Waals surface area contributed by atoms with Gasteiger partial charge in [0.25, 0.3) is 15.9 Å². The Kier molecular flexibility index (Phi) is 6.53. The van der Waals surface area contributed by atoms with Crippen molar-refractivity contribution < 1.29 is 22.7 Å². The van der Waals surface area contributed by atoms with Crippen molar-refractivity contribution in [2.45, 2.75) is 18.2 Å². The molecule has 0 saturated carbocycles. The van der Waals surface area contributed by atoms with Crippen LogP contribution in [0.15, 0.2) is 47.4 Å². The largest absolute Gasteiger partial charge is 0.493 e. The molecule has 3 aromatic rings. The third kappa shape index (κ3) is 4.86. The summed E-state index contributed by atoms with van der Waals surface area (Å²) in [5.41, 5.74) is 0.812. The van der Waals surface area contributed by atoms with Crippen LogP contribution >= 0.6 is 11.3 Å². The highest BCUT2D eigenvalue weighted by atomic mass is 32.2. The lowest BCUT2D eigenvalue weighted by atomic mass is 10.2. The van der Waals surface area contributed by atoms with Crippen LogP contribution in [-0.4, -0.2) is 38.7 Å². The summed E-state index contributed by atoms with van der Waals surface area (Å²) in [6.07, 6.45) is 0.674. The third-order valence-corrected chi connectivity index (χ3v) is 6.53. The molecule has 0 aliphatic rings. The van der Waals surface area contributed by atoms with Gasteiger partial charge in [0.15, 0.2) is 11.5 Å². The van der Waals surface area contributed by atoms with Gasteiger partial charge < -0.3 is 14.8 Å². The zero-order valence-corrected chi connectivity index (χ0v) is 18.1. The minimum Gasteiger partial charge on any atom is -0.493 e. The van der Waals surface area contributed by atoms with Crippen LogP contribution in [0.4, 0.5) is 10.8 Å². The maximum Gasteiger partial charge on any atom is 0.263 e. The van der Waals surface area contributed by atoms with Gasteiger partial charge in [0.2, 0.25) is 5.13 Å². The lowest BCUT2D eigenvalue weighted by Crippen LogP contribution is -2.14. The number of anilines is 2. The summed E-state index contributed by atoms with van der Waals surface area (Å²) in [6.45, 7) is 1.91. The first-order chi connectivity index (χ1) is 14.4. The van der Waals surface area contributed by atoms with E-state index in [2.05, 4.69) is 20.2 Å². The molecule has 1 heterocycles. The van der Waals surface area contributed by atoms with Crippen LogP contribution in [0, 0.1) is 0 Å². The second-order valence-electron chi connectivity index (χ2n) is 6.01. The molecule has 0 atom stereocenters. The SMILES string of the molecule is CCc1nnc(NS(=O)(=O)c2ccc(NC(=O)c3ccc(OC)c(OC)c3)cc2)s1. The molecular weight excluding hydrogens is 428 g/mol. The second kappa shape index (κ2) is 9.09. The first-order valence-electron chi connectivity index (χ1n) is 8.85. The first-order valence-corrected chi connectivity index (χ1v) is 11.1. The summed E-state index contributed by atoms with van der Waals surface area (Å²) >= 11 is 1.18. The smallest absolute Gasteiger partial charge is 0.263 e. The van der Waals surface area contributed by atoms with Crippen molar-refractivity contribution in [2.24, 2.45) is 0 Å². The Morgan fingerprint density at radius 1 is 1.03 bits per heavy atom. The summed E-state index contributed by atoms with van der Waals surface area (Å²) < 4.78 is 37.8. The third-order valence-electron chi connectivity index (χ3n) is 4.06. The van der Waals surface area contributed by atoms with E-state index in [-0.39, 0.29) is 15.9 Å². The molecule has 1 amide bonds. The molecular formula is C19H20N4O5S2. The number of carbonyl (C=O) groups excluding carboxylic acids is 1. The van der Waals surface area contributed by atoms with Crippen LogP contribution in [0.25, 0.3) is 0 Å². The van der Waals surface area contributed by atoms with Crippen LogP contribution in [-0.2, 0) is 16.4 Å². The van der Waals surface area contributed by atoms with Crippen LogP contribution in [0.1, 0.15) is 22.3 Å². The zero-order chi connectivity index (χ0) is 21.7. The minimum atomic E-state index is -3.81. The van der Waals surface area contributed by atoms with Gasteiger partial charge in [-0.25, -0.2) is 8.42 Å². The highest BCUT2D eigenvalue weighted by Crippen LogP contribution is 2.28. The van der Waals surface area contributed by atoms with Gasteiger partial charge in [-0.05, 0) is 48.9 Å². The summed E-state index contributed by atoms with van der Waals surface area (Å²) in [6, 6.07) is 10.6. The van der Waals surface area contributed by atoms with Gasteiger partial charge in [-0.1, -0.05) is 18.3 Å². The van der Waals surface area contributed by atoms with Gasteiger partial charge in [-0.2, -0.15) is 0 Å². The highest BCUT2D eigenvalue weighted by molar-refractivity contribution is 7.93. The van der Waals surface area contributed by atoms with Crippen molar-refractivity contribution in [3.8, 4) is 11.5 Å². The van der Waals surface area contributed by atoms with Crippen LogP contribution in [0.2, 0.25) is 0 Å². The molecule has 1 aromatic heterocycles. The Morgan fingerprint density at radius 3 is 2.33 bits per heavy atom. The Hall–Kier alpha value is -3.18. The molecule has 0 radical (unpaired) electrons. The summed E-state index contributed by atoms with van der Waals surface area (Å²) in [5, 5.41) is 11.4. The number of carbonyl (C=O) groups is 1. The molecule has 30 heavy (non-hydrogen) atoms. The molecule has 0 unspecified atom stereocenters. The van der Waals surface area contributed by atoms with E-state index in [1.807, 2.05) is 6.92 Å². The Bertz CT molecular complexity index is 1140. The molecule has 11 heteroatoms. The van der Waals surface area contributed by atoms with Crippen molar-refractivity contribution in [3.63, 3.8) is 0 Å². The second-order valence-corrected chi connectivity index (χ2v) is 8.75. The number of ether oxygens (including phenoxy) is 2. The van der Waals surface area contributed by atoms with Crippen molar-refractivity contribution in [1.29, 1.82) is 0 Å². The van der Waals surface area contributed by atoms with E-state index in [9.17, 15) is 13.2 Å². The van der Waals surface area contributed by atoms with Gasteiger partial charge in [-0.3, -0.25) is 9.52 Å². The lowest BCUT2D eigenvalue weighted by Gasteiger charge is -2.10. The van der Waals surface area contributed by atoms with Crippen molar-refractivity contribution >= 4 is 38.1 Å². The number of amides is 1. The number of rotatable bonds is 8. The topological polar surface area (TPSA) is 120 Å². The number of aromatic nitrogens is 2. The Morgan fingerprint density at radius 2 is 1.73 bits per heavy atom. The summed E-state index contributed by atoms with van der Waals surface area (Å²) in [7, 11) is -0.814. The molecule has 2 aromatic carbocycles. The fourth-order valence-electron chi connectivity index (χ4n) is 2.51. The Balaban J connectivity index is 1.71. The number of aryl methyl sites for hydroxylation is 1. The standard InChI is InChI=1S/C19H20N4O5S2/c1-4-17-21-22-19(29-17)23-30(25,26)14-8-6-13(7-9-14)20-18(24)12-5-10-15(27-2)16(11-12)28-3/h5-11H,4H2,1-3H3,(H,20,24)(H,22,23). The molecule has 0 saturated heterocycles. The molecule has 2 N–H and O–H groups in total. The quantitative estimate of drug-likeness (QED) is 0.543. The van der Waals surface area contributed by atoms with E-state index in [4.69, 9.17) is 9.47 Å². The number of sulfonamides is 1. The van der Waals surface area contributed by atoms with Crippen LogP contribution in [0.5, 0.6) is 11.5 Å². The fourth-order valence-corrected chi connectivity index (χ4v) is 4.42. The molecule has 0 bridgehead atoms. The van der Waals surface area contributed by atoms with Gasteiger partial charge in [0.05, 0.1) is 19.1 Å². The van der Waals surface area contributed by atoms with Crippen molar-refractivity contribution in [2.75, 3.05) is 24.3 Å². The summed E-state index contributed by atoms with van der Waals surface area (Å²) in [5.74, 6) is 0.573. The number of benzene rings is 2. The van der Waals surface area contributed by atoms with E-state index in [1.54, 1.807) is 18.2 Å². The van der Waals surface area contributed by atoms with E-state index < -0.39 is 10.0 Å². The van der Waals surface area contributed by atoms with Gasteiger partial charge in [0.1, 0.15) is 5.01 Å². The normalized spacial score (nSPS) is 11.0. The van der Waals surface area contributed by atoms with Crippen LogP contribution in [0.3, 0.4) is 0 Å². The molecule has 0 aliphatic heterocycles. The van der Waals surface area contributed by atoms with Gasteiger partial charge >= 0.3 is 0 Å². The van der Waals surface area contributed by atoms with E-state index >= 15 is 0 Å². The number of methoxy groups -OCH3 is 2. The number of hydrogen-bond donors (Lipinski definition) is 2. The molecule has 0 fully saturated rings. The number of nitrogens with one attached hydrogen (secondary N) is 2. The maximum atomic E-state index is 12.5. The molecule has 9 nitrogen and oxygen atoms in total. The van der Waals surface area contributed by atoms with Crippen molar-refractivity contribution in [3.05, 3.63) is 53.0 Å². The van der Waals surface area contributed by atoms with Gasteiger partial charge in [-0.15, -0.1) is 10.2 Å². The maximum absolute atomic E-state index is 12.5. The fraction of sp³-hybridized carbons (Fsp3) is 0.211. The average Bonchev–Trinajstić information content (AvgIpc) is 3.20. The van der Waals surface area contributed by atoms with E-state index in [0.717, 1.165) is 5.01 Å². The average molecular weight is 449 g/mol. The summed E-state index contributed by atoms with van der Waals surface area (Å²) in [4.78, 5) is 12.5. The molecule has 0 aliphatic carbocycles. The first kappa shape index (κ1) is 21.5. The number of nitrogens with zero attached hydrogens (tertiary/aromatic N) is 2. The molecule has 3 rings (SSSR count). The monoisotopic (exact) mass is 448 g/mol. The lowest BCUT2D eigenvalue weighted by molar-refractivity contribution is 0.102. The Labute approximate surface area is 178 Å². The van der Waals surface area contributed by atoms with E-state index in [0.29, 0.717) is 29.2 Å². The van der Waals surface area contributed by atoms with Crippen LogP contribution < -0.4 is 19.5 Å². The molecule has 0 spiro atoms. The van der Waals surface area contributed by atoms with Crippen molar-refractivity contribution in [1.82, 2.24) is 10.2 Å². The minimum absolute atomic E-state index is 0.0415. The van der Waals surface area contributed by atoms with E-state index in [1.165, 1.54) is 49.8 Å². The molecule has 158 valence electrons. The predicted molar refractivity (Wildman–Crippen MR) is 114 cm³/mol. The highest BCUT2D eigenvalue weighted by Gasteiger charge is 2.17. The number of hydrogen-bond acceptors (Lipinski definition) is 8. The zero-order valence-electron chi connectivity index (χ0n) is 16.5.